The second-order valence-corrected chi connectivity index (χ2v) is 9.05. The molecule has 4 rings (SSSR count). The van der Waals surface area contributed by atoms with Gasteiger partial charge in [0.05, 0.1) is 11.0 Å². The maximum absolute atomic E-state index is 13.0. The van der Waals surface area contributed by atoms with Crippen LogP contribution < -0.4 is 4.90 Å². The molecule has 1 aliphatic heterocycles. The molecular weight excluding hydrogens is 434 g/mol. The number of carbonyl (C=O) groups is 1. The fraction of sp³-hybridized carbons (Fsp3) is 0.455. The maximum Gasteiger partial charge on any atom is 0.291 e. The quantitative estimate of drug-likeness (QED) is 0.520. The maximum atomic E-state index is 13.0. The molecule has 1 aromatic carbocycles. The van der Waals surface area contributed by atoms with Gasteiger partial charge in [-0.2, -0.15) is 8.78 Å². The first kappa shape index (κ1) is 22.4. The van der Waals surface area contributed by atoms with Crippen molar-refractivity contribution in [3.63, 3.8) is 0 Å². The Balaban J connectivity index is 1.46. The molecule has 0 radical (unpaired) electrons. The van der Waals surface area contributed by atoms with Crippen LogP contribution in [-0.2, 0) is 11.3 Å². The van der Waals surface area contributed by atoms with E-state index in [2.05, 4.69) is 33.7 Å². The highest BCUT2D eigenvalue weighted by atomic mass is 32.2. The molecule has 0 N–H and O–H groups in total. The lowest BCUT2D eigenvalue weighted by Crippen LogP contribution is -2.50. The molecule has 0 bridgehead atoms. The molecule has 1 aliphatic rings. The number of anilines is 1. The number of aryl methyl sites for hydroxylation is 1. The van der Waals surface area contributed by atoms with Gasteiger partial charge >= 0.3 is 0 Å². The number of hydrogen-bond acceptors (Lipinski definition) is 6. The molecule has 170 valence electrons. The number of amides is 1. The van der Waals surface area contributed by atoms with Crippen molar-refractivity contribution in [2.75, 3.05) is 31.1 Å². The van der Waals surface area contributed by atoms with E-state index >= 15 is 0 Å². The molecule has 1 fully saturated rings. The van der Waals surface area contributed by atoms with E-state index in [9.17, 15) is 13.6 Å². The number of rotatable bonds is 6. The zero-order valence-corrected chi connectivity index (χ0v) is 19.1. The van der Waals surface area contributed by atoms with Crippen molar-refractivity contribution in [1.29, 1.82) is 0 Å². The Morgan fingerprint density at radius 2 is 1.81 bits per heavy atom. The van der Waals surface area contributed by atoms with Crippen LogP contribution in [0.5, 0.6) is 0 Å². The summed E-state index contributed by atoms with van der Waals surface area (Å²) in [5.74, 6) is -0.775. The number of imidazole rings is 1. The van der Waals surface area contributed by atoms with Crippen LogP contribution >= 0.6 is 11.8 Å². The molecule has 1 amide bonds. The van der Waals surface area contributed by atoms with Crippen molar-refractivity contribution in [1.82, 2.24) is 24.4 Å². The number of benzene rings is 1. The molecule has 0 atom stereocenters. The number of piperazine rings is 1. The Morgan fingerprint density at radius 1 is 1.09 bits per heavy atom. The van der Waals surface area contributed by atoms with Crippen molar-refractivity contribution in [3.8, 4) is 0 Å². The number of aromatic nitrogens is 4. The Kier molecular flexibility index (Phi) is 6.59. The molecule has 0 saturated carbocycles. The van der Waals surface area contributed by atoms with E-state index in [1.165, 1.54) is 0 Å². The highest BCUT2D eigenvalue weighted by Gasteiger charge is 2.25. The van der Waals surface area contributed by atoms with Gasteiger partial charge in [-0.3, -0.25) is 4.79 Å². The molecule has 0 aliphatic carbocycles. The van der Waals surface area contributed by atoms with Gasteiger partial charge in [0.15, 0.2) is 5.16 Å². The van der Waals surface area contributed by atoms with Crippen LogP contribution in [0.3, 0.4) is 0 Å². The average molecular weight is 461 g/mol. The topological polar surface area (TPSA) is 67.2 Å². The van der Waals surface area contributed by atoms with E-state index in [-0.39, 0.29) is 23.5 Å². The molecule has 0 unspecified atom stereocenters. The Hall–Kier alpha value is -2.75. The fourth-order valence-corrected chi connectivity index (χ4v) is 4.39. The van der Waals surface area contributed by atoms with Crippen LogP contribution in [0.15, 0.2) is 35.5 Å². The highest BCUT2D eigenvalue weighted by Crippen LogP contribution is 2.28. The molecule has 10 heteroatoms. The monoisotopic (exact) mass is 460 g/mol. The van der Waals surface area contributed by atoms with Crippen LogP contribution in [0.1, 0.15) is 31.3 Å². The first-order valence-corrected chi connectivity index (χ1v) is 11.5. The largest absolute Gasteiger partial charge is 0.353 e. The van der Waals surface area contributed by atoms with E-state index in [0.29, 0.717) is 49.0 Å². The molecule has 32 heavy (non-hydrogen) atoms. The first-order valence-electron chi connectivity index (χ1n) is 10.6. The second-order valence-electron chi connectivity index (χ2n) is 8.10. The van der Waals surface area contributed by atoms with Crippen molar-refractivity contribution < 1.29 is 13.6 Å². The highest BCUT2D eigenvalue weighted by molar-refractivity contribution is 7.99. The predicted octanol–water partition coefficient (Wildman–Crippen LogP) is 3.92. The lowest BCUT2D eigenvalue weighted by molar-refractivity contribution is -0.132. The van der Waals surface area contributed by atoms with Crippen LogP contribution in [0.2, 0.25) is 0 Å². The minimum atomic E-state index is -2.60. The van der Waals surface area contributed by atoms with Crippen molar-refractivity contribution in [3.05, 3.63) is 41.9 Å². The number of thioether (sulfide) groups is 1. The molecule has 3 heterocycles. The summed E-state index contributed by atoms with van der Waals surface area (Å²) in [6.07, 6.45) is 0. The Bertz CT molecular complexity index is 1110. The zero-order valence-electron chi connectivity index (χ0n) is 18.3. The molecular formula is C22H26F2N6OS. The average Bonchev–Trinajstić information content (AvgIpc) is 3.09. The molecule has 2 aromatic heterocycles. The number of hydrogen-bond donors (Lipinski definition) is 0. The molecule has 3 aromatic rings. The normalized spacial score (nSPS) is 14.7. The van der Waals surface area contributed by atoms with E-state index in [4.69, 9.17) is 0 Å². The number of nitrogens with zero attached hydrogens (tertiary/aromatic N) is 6. The number of halogens is 2. The summed E-state index contributed by atoms with van der Waals surface area (Å²) in [7, 11) is 0. The smallest absolute Gasteiger partial charge is 0.291 e. The standard InChI is InChI=1S/C22H26F2N6OS/c1-14(2)20-25-15(3)12-18(27-20)28-8-10-29(11-9-28)19(31)13-30-17-7-5-4-6-16(17)26-22(30)32-21(23)24/h4-7,12,14,21H,8-11,13H2,1-3H3. The van der Waals surface area contributed by atoms with E-state index in [1.807, 2.05) is 19.1 Å². The molecule has 7 nitrogen and oxygen atoms in total. The van der Waals surface area contributed by atoms with Gasteiger partial charge in [-0.25, -0.2) is 15.0 Å². The third-order valence-electron chi connectivity index (χ3n) is 5.44. The van der Waals surface area contributed by atoms with Gasteiger partial charge in [-0.1, -0.05) is 26.0 Å². The summed E-state index contributed by atoms with van der Waals surface area (Å²) in [6, 6.07) is 9.15. The lowest BCUT2D eigenvalue weighted by atomic mass is 10.2. The molecule has 1 saturated heterocycles. The minimum Gasteiger partial charge on any atom is -0.353 e. The van der Waals surface area contributed by atoms with E-state index < -0.39 is 5.76 Å². The second kappa shape index (κ2) is 9.40. The third-order valence-corrected chi connectivity index (χ3v) is 6.14. The lowest BCUT2D eigenvalue weighted by Gasteiger charge is -2.35. The fourth-order valence-electron chi connectivity index (χ4n) is 3.79. The van der Waals surface area contributed by atoms with Gasteiger partial charge in [0.25, 0.3) is 5.76 Å². The van der Waals surface area contributed by atoms with Crippen LogP contribution in [0.25, 0.3) is 11.0 Å². The minimum absolute atomic E-state index is 0.0142. The number of fused-ring (bicyclic) bond motifs is 1. The summed E-state index contributed by atoms with van der Waals surface area (Å²) < 4.78 is 27.6. The van der Waals surface area contributed by atoms with E-state index in [1.54, 1.807) is 27.7 Å². The number of para-hydroxylation sites is 2. The summed E-state index contributed by atoms with van der Waals surface area (Å²) in [5.41, 5.74) is 2.21. The van der Waals surface area contributed by atoms with Crippen molar-refractivity contribution >= 4 is 34.5 Å². The van der Waals surface area contributed by atoms with Crippen LogP contribution in [0.4, 0.5) is 14.6 Å². The summed E-state index contributed by atoms with van der Waals surface area (Å²) >= 11 is 0.367. The summed E-state index contributed by atoms with van der Waals surface area (Å²) in [6.45, 7) is 8.48. The first-order chi connectivity index (χ1) is 15.3. The van der Waals surface area contributed by atoms with Gasteiger partial charge in [0.2, 0.25) is 5.91 Å². The Labute approximate surface area is 189 Å². The van der Waals surface area contributed by atoms with Crippen LogP contribution in [-0.4, -0.2) is 62.3 Å². The summed E-state index contributed by atoms with van der Waals surface area (Å²) in [5, 5.41) is 0.158. The zero-order chi connectivity index (χ0) is 22.8. The number of alkyl halides is 2. The molecule has 0 spiro atoms. The number of carbonyl (C=O) groups excluding carboxylic acids is 1. The van der Waals surface area contributed by atoms with Crippen molar-refractivity contribution in [2.24, 2.45) is 0 Å². The van der Waals surface area contributed by atoms with E-state index in [0.717, 1.165) is 17.3 Å². The third kappa shape index (κ3) is 4.85. The van der Waals surface area contributed by atoms with Crippen molar-refractivity contribution in [2.45, 2.75) is 44.1 Å². The van der Waals surface area contributed by atoms with Gasteiger partial charge in [-0.15, -0.1) is 0 Å². The Morgan fingerprint density at radius 3 is 2.50 bits per heavy atom. The van der Waals surface area contributed by atoms with Crippen LogP contribution in [0, 0.1) is 6.92 Å². The predicted molar refractivity (Wildman–Crippen MR) is 121 cm³/mol. The van der Waals surface area contributed by atoms with Gasteiger partial charge in [0.1, 0.15) is 18.2 Å². The SMILES string of the molecule is Cc1cc(N2CCN(C(=O)Cn3c(SC(F)F)nc4ccccc43)CC2)nc(C(C)C)n1. The van der Waals surface area contributed by atoms with Gasteiger partial charge < -0.3 is 14.4 Å². The summed E-state index contributed by atoms with van der Waals surface area (Å²) in [4.78, 5) is 30.4. The van der Waals surface area contributed by atoms with Gasteiger partial charge in [0, 0.05) is 43.9 Å². The van der Waals surface area contributed by atoms with Gasteiger partial charge in [-0.05, 0) is 30.8 Å².